The third-order valence-electron chi connectivity index (χ3n) is 4.04. The van der Waals surface area contributed by atoms with E-state index < -0.39 is 0 Å². The predicted octanol–water partition coefficient (Wildman–Crippen LogP) is 1.62. The van der Waals surface area contributed by atoms with E-state index in [1.165, 1.54) is 58.2 Å². The second-order valence-electron chi connectivity index (χ2n) is 5.24. The predicted molar refractivity (Wildman–Crippen MR) is 66.4 cm³/mol. The summed E-state index contributed by atoms with van der Waals surface area (Å²) < 4.78 is 5.96. The van der Waals surface area contributed by atoms with Gasteiger partial charge in [0.05, 0.1) is 6.10 Å². The Labute approximate surface area is 99.3 Å². The van der Waals surface area contributed by atoms with Crippen LogP contribution in [0.15, 0.2) is 0 Å². The quantitative estimate of drug-likeness (QED) is 0.699. The summed E-state index contributed by atoms with van der Waals surface area (Å²) in [4.78, 5) is 2.55. The van der Waals surface area contributed by atoms with Crippen molar-refractivity contribution < 1.29 is 4.74 Å². The molecule has 3 heteroatoms. The highest BCUT2D eigenvalue weighted by Gasteiger charge is 2.26. The van der Waals surface area contributed by atoms with Crippen molar-refractivity contribution in [1.82, 2.24) is 4.90 Å². The molecule has 1 heterocycles. The molecule has 2 N–H and O–H groups in total. The standard InChI is InChI=1S/C13H26N2O/c14-11-12-5-3-6-13(12)16-10-4-9-15-7-1-2-8-15/h12-13H,1-11,14H2. The van der Waals surface area contributed by atoms with Gasteiger partial charge in [-0.25, -0.2) is 0 Å². The molecule has 2 aliphatic rings. The lowest BCUT2D eigenvalue weighted by molar-refractivity contribution is 0.0258. The van der Waals surface area contributed by atoms with E-state index in [0.717, 1.165) is 13.2 Å². The lowest BCUT2D eigenvalue weighted by atomic mass is 10.1. The molecule has 1 saturated carbocycles. The Morgan fingerprint density at radius 1 is 1.12 bits per heavy atom. The molecule has 2 unspecified atom stereocenters. The fourth-order valence-electron chi connectivity index (χ4n) is 3.02. The van der Waals surface area contributed by atoms with E-state index in [1.54, 1.807) is 0 Å². The minimum atomic E-state index is 0.462. The van der Waals surface area contributed by atoms with Gasteiger partial charge in [-0.05, 0) is 57.7 Å². The summed E-state index contributed by atoms with van der Waals surface area (Å²) in [5.41, 5.74) is 5.74. The molecule has 1 saturated heterocycles. The van der Waals surface area contributed by atoms with E-state index in [2.05, 4.69) is 4.90 Å². The van der Waals surface area contributed by atoms with Gasteiger partial charge in [0, 0.05) is 13.2 Å². The molecule has 0 radical (unpaired) electrons. The summed E-state index contributed by atoms with van der Waals surface area (Å²) in [5, 5.41) is 0. The van der Waals surface area contributed by atoms with Crippen LogP contribution in [-0.4, -0.2) is 43.8 Å². The molecule has 3 nitrogen and oxygen atoms in total. The van der Waals surface area contributed by atoms with Gasteiger partial charge in [-0.2, -0.15) is 0 Å². The third kappa shape index (κ3) is 3.44. The van der Waals surface area contributed by atoms with Crippen LogP contribution >= 0.6 is 0 Å². The Morgan fingerprint density at radius 2 is 1.94 bits per heavy atom. The van der Waals surface area contributed by atoms with Crippen molar-refractivity contribution in [2.75, 3.05) is 32.8 Å². The van der Waals surface area contributed by atoms with E-state index in [-0.39, 0.29) is 0 Å². The first-order valence-electron chi connectivity index (χ1n) is 6.94. The smallest absolute Gasteiger partial charge is 0.0615 e. The third-order valence-corrected chi connectivity index (χ3v) is 4.04. The Balaban J connectivity index is 1.53. The van der Waals surface area contributed by atoms with Crippen molar-refractivity contribution in [1.29, 1.82) is 0 Å². The Morgan fingerprint density at radius 3 is 2.69 bits per heavy atom. The molecule has 0 bridgehead atoms. The van der Waals surface area contributed by atoms with Gasteiger partial charge in [0.15, 0.2) is 0 Å². The number of rotatable bonds is 6. The van der Waals surface area contributed by atoms with Gasteiger partial charge in [0.2, 0.25) is 0 Å². The van der Waals surface area contributed by atoms with Crippen molar-refractivity contribution in [2.24, 2.45) is 11.7 Å². The van der Waals surface area contributed by atoms with Gasteiger partial charge in [-0.1, -0.05) is 6.42 Å². The van der Waals surface area contributed by atoms with Crippen LogP contribution in [0.1, 0.15) is 38.5 Å². The van der Waals surface area contributed by atoms with Gasteiger partial charge < -0.3 is 15.4 Å². The van der Waals surface area contributed by atoms with Gasteiger partial charge >= 0.3 is 0 Å². The molecular formula is C13H26N2O. The van der Waals surface area contributed by atoms with Crippen LogP contribution in [0, 0.1) is 5.92 Å². The lowest BCUT2D eigenvalue weighted by Crippen LogP contribution is -2.27. The summed E-state index contributed by atoms with van der Waals surface area (Å²) >= 11 is 0. The van der Waals surface area contributed by atoms with Gasteiger partial charge in [0.25, 0.3) is 0 Å². The van der Waals surface area contributed by atoms with Crippen LogP contribution in [0.25, 0.3) is 0 Å². The molecule has 1 aliphatic heterocycles. The zero-order valence-corrected chi connectivity index (χ0v) is 10.4. The minimum Gasteiger partial charge on any atom is -0.378 e. The number of hydrogen-bond acceptors (Lipinski definition) is 3. The van der Waals surface area contributed by atoms with Crippen LogP contribution in [0.2, 0.25) is 0 Å². The Kier molecular flexibility index (Phi) is 5.07. The zero-order valence-electron chi connectivity index (χ0n) is 10.4. The number of ether oxygens (including phenoxy) is 1. The van der Waals surface area contributed by atoms with E-state index in [1.807, 2.05) is 0 Å². The van der Waals surface area contributed by atoms with E-state index in [9.17, 15) is 0 Å². The van der Waals surface area contributed by atoms with Crippen molar-refractivity contribution >= 4 is 0 Å². The van der Waals surface area contributed by atoms with Crippen LogP contribution in [0.5, 0.6) is 0 Å². The molecule has 0 amide bonds. The summed E-state index contributed by atoms with van der Waals surface area (Å²) in [6, 6.07) is 0. The van der Waals surface area contributed by atoms with E-state index in [0.29, 0.717) is 12.0 Å². The molecule has 2 fully saturated rings. The molecule has 0 spiro atoms. The average molecular weight is 226 g/mol. The minimum absolute atomic E-state index is 0.462. The van der Waals surface area contributed by atoms with Crippen molar-refractivity contribution in [3.63, 3.8) is 0 Å². The number of likely N-dealkylation sites (tertiary alicyclic amines) is 1. The van der Waals surface area contributed by atoms with Crippen molar-refractivity contribution in [3.8, 4) is 0 Å². The molecule has 94 valence electrons. The van der Waals surface area contributed by atoms with Crippen LogP contribution < -0.4 is 5.73 Å². The molecule has 1 aliphatic carbocycles. The fraction of sp³-hybridized carbons (Fsp3) is 1.00. The normalized spacial score (nSPS) is 31.3. The van der Waals surface area contributed by atoms with E-state index in [4.69, 9.17) is 10.5 Å². The number of nitrogens with zero attached hydrogens (tertiary/aromatic N) is 1. The summed E-state index contributed by atoms with van der Waals surface area (Å²) in [6.07, 6.45) is 8.23. The van der Waals surface area contributed by atoms with Crippen molar-refractivity contribution in [3.05, 3.63) is 0 Å². The first-order chi connectivity index (χ1) is 7.90. The maximum atomic E-state index is 5.96. The lowest BCUT2D eigenvalue weighted by Gasteiger charge is -2.20. The topological polar surface area (TPSA) is 38.5 Å². The van der Waals surface area contributed by atoms with Crippen molar-refractivity contribution in [2.45, 2.75) is 44.6 Å². The summed E-state index contributed by atoms with van der Waals surface area (Å²) in [6.45, 7) is 5.55. The fourth-order valence-corrected chi connectivity index (χ4v) is 3.02. The molecule has 0 aromatic carbocycles. The van der Waals surface area contributed by atoms with Crippen LogP contribution in [-0.2, 0) is 4.74 Å². The second-order valence-corrected chi connectivity index (χ2v) is 5.24. The molecule has 16 heavy (non-hydrogen) atoms. The van der Waals surface area contributed by atoms with Gasteiger partial charge in [-0.15, -0.1) is 0 Å². The van der Waals surface area contributed by atoms with Gasteiger partial charge in [0.1, 0.15) is 0 Å². The highest BCUT2D eigenvalue weighted by atomic mass is 16.5. The van der Waals surface area contributed by atoms with Crippen LogP contribution in [0.3, 0.4) is 0 Å². The number of nitrogens with two attached hydrogens (primary N) is 1. The molecular weight excluding hydrogens is 200 g/mol. The molecule has 2 rings (SSSR count). The largest absolute Gasteiger partial charge is 0.378 e. The maximum absolute atomic E-state index is 5.96. The second kappa shape index (κ2) is 6.58. The first kappa shape index (κ1) is 12.3. The summed E-state index contributed by atoms with van der Waals surface area (Å²) in [7, 11) is 0. The van der Waals surface area contributed by atoms with E-state index >= 15 is 0 Å². The molecule has 0 aromatic rings. The summed E-state index contributed by atoms with van der Waals surface area (Å²) in [5.74, 6) is 0.631. The Hall–Kier alpha value is -0.120. The van der Waals surface area contributed by atoms with Crippen LogP contribution in [0.4, 0.5) is 0 Å². The Bertz CT molecular complexity index is 192. The molecule has 0 aromatic heterocycles. The first-order valence-corrected chi connectivity index (χ1v) is 6.94. The average Bonchev–Trinajstić information content (AvgIpc) is 2.95. The molecule has 2 atom stereocenters. The highest BCUT2D eigenvalue weighted by Crippen LogP contribution is 2.27. The van der Waals surface area contributed by atoms with Gasteiger partial charge in [-0.3, -0.25) is 0 Å². The maximum Gasteiger partial charge on any atom is 0.0615 e. The SMILES string of the molecule is NCC1CCCC1OCCCN1CCCC1. The number of hydrogen-bond donors (Lipinski definition) is 1. The highest BCUT2D eigenvalue weighted by molar-refractivity contribution is 4.78. The zero-order chi connectivity index (χ0) is 11.2. The monoisotopic (exact) mass is 226 g/mol.